The molecule has 0 radical (unpaired) electrons. The lowest BCUT2D eigenvalue weighted by Gasteiger charge is -2.32. The van der Waals surface area contributed by atoms with Crippen molar-refractivity contribution >= 4 is 17.3 Å². The highest BCUT2D eigenvalue weighted by molar-refractivity contribution is 5.88. The van der Waals surface area contributed by atoms with Crippen molar-refractivity contribution < 1.29 is 14.6 Å². The minimum atomic E-state index is -0.905. The van der Waals surface area contributed by atoms with E-state index < -0.39 is 5.97 Å². The molecule has 4 nitrogen and oxygen atoms in total. The second-order valence-corrected chi connectivity index (χ2v) is 9.29. The lowest BCUT2D eigenvalue weighted by Crippen LogP contribution is -2.23. The van der Waals surface area contributed by atoms with E-state index in [1.54, 1.807) is 12.1 Å². The van der Waals surface area contributed by atoms with Gasteiger partial charge in [-0.05, 0) is 55.2 Å². The van der Waals surface area contributed by atoms with Crippen LogP contribution in [0.15, 0.2) is 30.3 Å². The Morgan fingerprint density at radius 2 is 1.82 bits per heavy atom. The Morgan fingerprint density at radius 3 is 2.32 bits per heavy atom. The van der Waals surface area contributed by atoms with Gasteiger partial charge < -0.3 is 14.7 Å². The number of rotatable bonds is 4. The summed E-state index contributed by atoms with van der Waals surface area (Å²) in [5, 5.41) is 9.19. The van der Waals surface area contributed by atoms with Crippen molar-refractivity contribution in [2.75, 3.05) is 18.1 Å². The number of carboxylic acids is 1. The maximum Gasteiger partial charge on any atom is 0.335 e. The molecular formula is C24H31NO3. The minimum Gasteiger partial charge on any atom is -0.492 e. The van der Waals surface area contributed by atoms with Crippen LogP contribution < -0.4 is 9.64 Å². The highest BCUT2D eigenvalue weighted by Crippen LogP contribution is 2.49. The summed E-state index contributed by atoms with van der Waals surface area (Å²) in [4.78, 5) is 13.5. The molecule has 2 aromatic carbocycles. The zero-order valence-electron chi connectivity index (χ0n) is 18.0. The lowest BCUT2D eigenvalue weighted by molar-refractivity contribution is 0.0697. The predicted molar refractivity (Wildman–Crippen MR) is 114 cm³/mol. The number of hydrogen-bond acceptors (Lipinski definition) is 3. The molecule has 0 fully saturated rings. The second-order valence-electron chi connectivity index (χ2n) is 9.29. The molecule has 0 atom stereocenters. The summed E-state index contributed by atoms with van der Waals surface area (Å²) in [5.41, 5.74) is 6.09. The largest absolute Gasteiger partial charge is 0.492 e. The van der Waals surface area contributed by atoms with Crippen LogP contribution in [0.4, 0.5) is 11.4 Å². The first-order valence-corrected chi connectivity index (χ1v) is 9.89. The van der Waals surface area contributed by atoms with Crippen LogP contribution >= 0.6 is 0 Å². The summed E-state index contributed by atoms with van der Waals surface area (Å²) >= 11 is 0. The average molecular weight is 382 g/mol. The van der Waals surface area contributed by atoms with Crippen molar-refractivity contribution in [1.82, 2.24) is 0 Å². The number of nitrogens with zero attached hydrogens (tertiary/aromatic N) is 1. The summed E-state index contributed by atoms with van der Waals surface area (Å²) < 4.78 is 6.18. The van der Waals surface area contributed by atoms with Crippen LogP contribution in [-0.2, 0) is 10.8 Å². The first kappa shape index (κ1) is 20.2. The number of aromatic carboxylic acids is 1. The number of anilines is 2. The van der Waals surface area contributed by atoms with Gasteiger partial charge in [-0.2, -0.15) is 0 Å². The highest BCUT2D eigenvalue weighted by atomic mass is 16.5. The number of carbonyl (C=O) groups is 1. The summed E-state index contributed by atoms with van der Waals surface area (Å²) in [6, 6.07) is 9.37. The van der Waals surface area contributed by atoms with Crippen LogP contribution in [-0.4, -0.2) is 24.2 Å². The Kier molecular flexibility index (Phi) is 4.95. The van der Waals surface area contributed by atoms with Gasteiger partial charge in [0.2, 0.25) is 0 Å². The van der Waals surface area contributed by atoms with E-state index in [9.17, 15) is 9.90 Å². The summed E-state index contributed by atoms with van der Waals surface area (Å²) in [5.74, 6) is 0.133. The van der Waals surface area contributed by atoms with E-state index in [1.807, 2.05) is 12.1 Å². The van der Waals surface area contributed by atoms with Gasteiger partial charge in [0.1, 0.15) is 5.75 Å². The standard InChI is InChI=1S/C24H31NO3/c1-8-25(17-11-9-16(10-12-17)22(26)27)19-13-18-21(28-14-24(18,6)7)20(15(19)2)23(3,4)5/h9-13H,8,14H2,1-7H3,(H,26,27). The van der Waals surface area contributed by atoms with E-state index in [1.165, 1.54) is 16.7 Å². The van der Waals surface area contributed by atoms with Crippen molar-refractivity contribution in [2.24, 2.45) is 0 Å². The van der Waals surface area contributed by atoms with Crippen molar-refractivity contribution in [3.63, 3.8) is 0 Å². The zero-order chi connectivity index (χ0) is 20.9. The fourth-order valence-electron chi connectivity index (χ4n) is 4.19. The van der Waals surface area contributed by atoms with Gasteiger partial charge in [0.15, 0.2) is 0 Å². The fraction of sp³-hybridized carbons (Fsp3) is 0.458. The normalized spacial score (nSPS) is 15.1. The van der Waals surface area contributed by atoms with Crippen LogP contribution in [0.1, 0.15) is 68.6 Å². The van der Waals surface area contributed by atoms with E-state index in [-0.39, 0.29) is 10.8 Å². The SMILES string of the molecule is CCN(c1ccc(C(=O)O)cc1)c1cc2c(c(C(C)(C)C)c1C)OCC2(C)C. The van der Waals surface area contributed by atoms with Gasteiger partial charge in [-0.3, -0.25) is 0 Å². The molecule has 0 amide bonds. The van der Waals surface area contributed by atoms with Gasteiger partial charge >= 0.3 is 5.97 Å². The van der Waals surface area contributed by atoms with Crippen LogP contribution in [0.3, 0.4) is 0 Å². The Labute approximate surface area is 168 Å². The maximum atomic E-state index is 11.2. The quantitative estimate of drug-likeness (QED) is 0.725. The van der Waals surface area contributed by atoms with Crippen LogP contribution in [0.25, 0.3) is 0 Å². The van der Waals surface area contributed by atoms with Crippen molar-refractivity contribution in [3.05, 3.63) is 52.6 Å². The molecule has 4 heteroatoms. The topological polar surface area (TPSA) is 49.8 Å². The van der Waals surface area contributed by atoms with E-state index in [0.717, 1.165) is 23.7 Å². The number of benzene rings is 2. The molecule has 28 heavy (non-hydrogen) atoms. The number of ether oxygens (including phenoxy) is 1. The zero-order valence-corrected chi connectivity index (χ0v) is 18.0. The molecule has 1 N–H and O–H groups in total. The highest BCUT2D eigenvalue weighted by Gasteiger charge is 2.38. The van der Waals surface area contributed by atoms with Crippen molar-refractivity contribution in [3.8, 4) is 5.75 Å². The average Bonchev–Trinajstić information content (AvgIpc) is 2.89. The van der Waals surface area contributed by atoms with E-state index in [4.69, 9.17) is 4.74 Å². The number of hydrogen-bond donors (Lipinski definition) is 1. The first-order valence-electron chi connectivity index (χ1n) is 9.89. The second kappa shape index (κ2) is 6.84. The smallest absolute Gasteiger partial charge is 0.335 e. The van der Waals surface area contributed by atoms with Crippen LogP contribution in [0, 0.1) is 6.92 Å². The van der Waals surface area contributed by atoms with Crippen LogP contribution in [0.5, 0.6) is 5.75 Å². The number of carboxylic acid groups (broad SMARTS) is 1. The third-order valence-electron chi connectivity index (χ3n) is 5.60. The molecule has 1 aliphatic heterocycles. The lowest BCUT2D eigenvalue weighted by atomic mass is 9.77. The Morgan fingerprint density at radius 1 is 1.21 bits per heavy atom. The molecule has 3 rings (SSSR count). The van der Waals surface area contributed by atoms with Crippen molar-refractivity contribution in [1.29, 1.82) is 0 Å². The third kappa shape index (κ3) is 3.36. The molecule has 0 bridgehead atoms. The Hall–Kier alpha value is -2.49. The molecular weight excluding hydrogens is 350 g/mol. The van der Waals surface area contributed by atoms with E-state index in [0.29, 0.717) is 12.2 Å². The molecule has 0 saturated carbocycles. The summed E-state index contributed by atoms with van der Waals surface area (Å²) in [7, 11) is 0. The molecule has 1 aliphatic rings. The minimum absolute atomic E-state index is 0.0373. The molecule has 150 valence electrons. The summed E-state index contributed by atoms with van der Waals surface area (Å²) in [6.45, 7) is 16.9. The monoisotopic (exact) mass is 381 g/mol. The Balaban J connectivity index is 2.21. The summed E-state index contributed by atoms with van der Waals surface area (Å²) in [6.07, 6.45) is 0. The van der Waals surface area contributed by atoms with Crippen LogP contribution in [0.2, 0.25) is 0 Å². The van der Waals surface area contributed by atoms with Gasteiger partial charge in [0.25, 0.3) is 0 Å². The van der Waals surface area contributed by atoms with Gasteiger partial charge in [-0.15, -0.1) is 0 Å². The maximum absolute atomic E-state index is 11.2. The first-order chi connectivity index (χ1) is 13.0. The van der Waals surface area contributed by atoms with E-state index >= 15 is 0 Å². The third-order valence-corrected chi connectivity index (χ3v) is 5.60. The number of fused-ring (bicyclic) bond motifs is 1. The predicted octanol–water partition coefficient (Wildman–Crippen LogP) is 5.82. The van der Waals surface area contributed by atoms with Gasteiger partial charge in [0.05, 0.1) is 12.2 Å². The van der Waals surface area contributed by atoms with Gasteiger partial charge in [-0.25, -0.2) is 4.79 Å². The van der Waals surface area contributed by atoms with Gasteiger partial charge in [0, 0.05) is 34.5 Å². The molecule has 2 aromatic rings. The van der Waals surface area contributed by atoms with E-state index in [2.05, 4.69) is 59.4 Å². The fourth-order valence-corrected chi connectivity index (χ4v) is 4.19. The molecule has 0 saturated heterocycles. The van der Waals surface area contributed by atoms with Gasteiger partial charge in [-0.1, -0.05) is 34.6 Å². The Bertz CT molecular complexity index is 905. The molecule has 0 aliphatic carbocycles. The molecule has 1 heterocycles. The molecule has 0 unspecified atom stereocenters. The molecule has 0 aromatic heterocycles. The molecule has 0 spiro atoms. The van der Waals surface area contributed by atoms with Crippen molar-refractivity contribution in [2.45, 2.75) is 59.3 Å².